The molecule has 1 fully saturated rings. The third-order valence-electron chi connectivity index (χ3n) is 6.23. The predicted molar refractivity (Wildman–Crippen MR) is 113 cm³/mol. The molecule has 5 N–H and O–H groups in total. The van der Waals surface area contributed by atoms with Crippen LogP contribution >= 0.6 is 0 Å². The molecule has 4 heterocycles. The van der Waals surface area contributed by atoms with Gasteiger partial charge in [-0.1, -0.05) is 13.8 Å². The van der Waals surface area contributed by atoms with Gasteiger partial charge < -0.3 is 4.90 Å². The van der Waals surface area contributed by atoms with Crippen molar-refractivity contribution < 1.29 is 13.6 Å². The van der Waals surface area contributed by atoms with E-state index >= 15 is 0 Å². The second kappa shape index (κ2) is 8.42. The molecular formula is C20H26F2N8O. The SMILES string of the molecule is CCC(CC)(ON)[C@@H]1CN(c2nc(-c3n[nH]c4ncccc34)c(F)cc2F)CCN1N. The van der Waals surface area contributed by atoms with Gasteiger partial charge in [0, 0.05) is 37.3 Å². The van der Waals surface area contributed by atoms with Crippen LogP contribution in [0.25, 0.3) is 22.4 Å². The van der Waals surface area contributed by atoms with Gasteiger partial charge in [-0.15, -0.1) is 0 Å². The van der Waals surface area contributed by atoms with Gasteiger partial charge in [-0.25, -0.2) is 29.7 Å². The molecule has 31 heavy (non-hydrogen) atoms. The molecule has 0 unspecified atom stereocenters. The number of halogens is 2. The third-order valence-corrected chi connectivity index (χ3v) is 6.23. The van der Waals surface area contributed by atoms with Crippen molar-refractivity contribution in [3.05, 3.63) is 36.0 Å². The largest absolute Gasteiger partial charge is 0.351 e. The lowest BCUT2D eigenvalue weighted by Crippen LogP contribution is -2.66. The number of anilines is 1. The van der Waals surface area contributed by atoms with E-state index in [2.05, 4.69) is 20.2 Å². The summed E-state index contributed by atoms with van der Waals surface area (Å²) in [5.74, 6) is 10.4. The van der Waals surface area contributed by atoms with Crippen molar-refractivity contribution in [3.63, 3.8) is 0 Å². The number of aromatic amines is 1. The van der Waals surface area contributed by atoms with Gasteiger partial charge in [0.1, 0.15) is 17.0 Å². The number of fused-ring (bicyclic) bond motifs is 1. The van der Waals surface area contributed by atoms with Gasteiger partial charge in [0.15, 0.2) is 23.1 Å². The van der Waals surface area contributed by atoms with Crippen molar-refractivity contribution in [3.8, 4) is 11.4 Å². The lowest BCUT2D eigenvalue weighted by molar-refractivity contribution is -0.113. The van der Waals surface area contributed by atoms with E-state index in [9.17, 15) is 8.78 Å². The van der Waals surface area contributed by atoms with E-state index in [-0.39, 0.29) is 23.2 Å². The smallest absolute Gasteiger partial charge is 0.168 e. The topological polar surface area (TPSA) is 122 Å². The second-order valence-electron chi connectivity index (χ2n) is 7.69. The van der Waals surface area contributed by atoms with Crippen LogP contribution in [0.1, 0.15) is 26.7 Å². The van der Waals surface area contributed by atoms with Gasteiger partial charge >= 0.3 is 0 Å². The number of H-pyrrole nitrogens is 1. The van der Waals surface area contributed by atoms with Crippen LogP contribution in [0.15, 0.2) is 24.4 Å². The molecule has 3 aromatic heterocycles. The molecule has 0 radical (unpaired) electrons. The molecule has 1 aliphatic rings. The Hall–Kier alpha value is -2.73. The molecule has 9 nitrogen and oxygen atoms in total. The van der Waals surface area contributed by atoms with E-state index in [0.717, 1.165) is 6.07 Å². The maximum Gasteiger partial charge on any atom is 0.168 e. The standard InChI is InChI=1S/C20H26F2N8O/c1-3-20(4-2,31-24)15-11-29(8-9-30(15)23)19-14(22)10-13(21)17(26-19)16-12-6-5-7-25-18(12)28-27-16/h5-7,10,15H,3-4,8-9,11,23-24H2,1-2H3,(H,25,27,28)/t15-/m0/s1. The fraction of sp³-hybridized carbons (Fsp3) is 0.450. The van der Waals surface area contributed by atoms with E-state index in [4.69, 9.17) is 16.6 Å². The molecule has 0 bridgehead atoms. The van der Waals surface area contributed by atoms with E-state index in [1.165, 1.54) is 0 Å². The first-order valence-electron chi connectivity index (χ1n) is 10.2. The third kappa shape index (κ3) is 3.63. The molecule has 1 saturated heterocycles. The molecule has 166 valence electrons. The number of hydrazine groups is 1. The molecule has 0 amide bonds. The Bertz CT molecular complexity index is 1060. The first kappa shape index (κ1) is 21.5. The summed E-state index contributed by atoms with van der Waals surface area (Å²) in [6, 6.07) is 4.01. The number of nitrogens with two attached hydrogens (primary N) is 2. The number of hydrogen-bond donors (Lipinski definition) is 3. The van der Waals surface area contributed by atoms with Crippen LogP contribution in [0.2, 0.25) is 0 Å². The Labute approximate surface area is 178 Å². The van der Waals surface area contributed by atoms with Gasteiger partial charge in [-0.2, -0.15) is 5.10 Å². The number of nitrogens with one attached hydrogen (secondary N) is 1. The first-order valence-corrected chi connectivity index (χ1v) is 10.2. The molecular weight excluding hydrogens is 406 g/mol. The highest BCUT2D eigenvalue weighted by Crippen LogP contribution is 2.33. The molecule has 1 aliphatic heterocycles. The summed E-state index contributed by atoms with van der Waals surface area (Å²) >= 11 is 0. The highest BCUT2D eigenvalue weighted by Gasteiger charge is 2.43. The first-order chi connectivity index (χ1) is 14.9. The number of piperazine rings is 1. The number of nitrogens with zero attached hydrogens (tertiary/aromatic N) is 5. The highest BCUT2D eigenvalue weighted by atomic mass is 19.1. The molecule has 4 rings (SSSR count). The highest BCUT2D eigenvalue weighted by molar-refractivity contribution is 5.89. The van der Waals surface area contributed by atoms with Gasteiger partial charge in [-0.3, -0.25) is 15.8 Å². The fourth-order valence-electron chi connectivity index (χ4n) is 4.30. The van der Waals surface area contributed by atoms with Crippen molar-refractivity contribution in [2.24, 2.45) is 11.7 Å². The summed E-state index contributed by atoms with van der Waals surface area (Å²) < 4.78 is 29.6. The minimum atomic E-state index is -0.797. The summed E-state index contributed by atoms with van der Waals surface area (Å²) in [6.07, 6.45) is 2.86. The Kier molecular flexibility index (Phi) is 5.84. The monoisotopic (exact) mass is 432 g/mol. The van der Waals surface area contributed by atoms with E-state index in [1.807, 2.05) is 13.8 Å². The minimum absolute atomic E-state index is 0.0349. The average molecular weight is 432 g/mol. The maximum absolute atomic E-state index is 14.9. The van der Waals surface area contributed by atoms with Gasteiger partial charge in [0.2, 0.25) is 0 Å². The Morgan fingerprint density at radius 2 is 2.00 bits per heavy atom. The molecule has 0 saturated carbocycles. The Morgan fingerprint density at radius 3 is 2.71 bits per heavy atom. The number of hydrogen-bond acceptors (Lipinski definition) is 8. The van der Waals surface area contributed by atoms with Gasteiger partial charge in [-0.05, 0) is 25.0 Å². The van der Waals surface area contributed by atoms with Crippen molar-refractivity contribution in [1.29, 1.82) is 0 Å². The normalized spacial score (nSPS) is 18.1. The summed E-state index contributed by atoms with van der Waals surface area (Å²) in [5.41, 5.74) is 0.0288. The zero-order valence-electron chi connectivity index (χ0n) is 17.5. The van der Waals surface area contributed by atoms with E-state index < -0.39 is 17.2 Å². The van der Waals surface area contributed by atoms with E-state index in [0.29, 0.717) is 43.5 Å². The van der Waals surface area contributed by atoms with Crippen molar-refractivity contribution in [2.75, 3.05) is 24.5 Å². The van der Waals surface area contributed by atoms with Crippen LogP contribution in [0, 0.1) is 11.6 Å². The number of rotatable bonds is 6. The maximum atomic E-state index is 14.9. The number of pyridine rings is 2. The Morgan fingerprint density at radius 1 is 1.23 bits per heavy atom. The van der Waals surface area contributed by atoms with Gasteiger partial charge in [0.25, 0.3) is 0 Å². The molecule has 0 aromatic carbocycles. The quantitative estimate of drug-likeness (QED) is 0.400. The summed E-state index contributed by atoms with van der Waals surface area (Å²) in [7, 11) is 0. The van der Waals surface area contributed by atoms with Crippen LogP contribution in [0.4, 0.5) is 14.6 Å². The van der Waals surface area contributed by atoms with Crippen LogP contribution in [-0.2, 0) is 4.84 Å². The predicted octanol–water partition coefficient (Wildman–Crippen LogP) is 2.11. The minimum Gasteiger partial charge on any atom is -0.351 e. The number of aromatic nitrogens is 4. The van der Waals surface area contributed by atoms with Crippen molar-refractivity contribution in [1.82, 2.24) is 25.2 Å². The zero-order chi connectivity index (χ0) is 22.2. The summed E-state index contributed by atoms with van der Waals surface area (Å²) in [5, 5.41) is 9.18. The fourth-order valence-corrected chi connectivity index (χ4v) is 4.30. The molecule has 3 aromatic rings. The van der Waals surface area contributed by atoms with Crippen LogP contribution < -0.4 is 16.6 Å². The summed E-state index contributed by atoms with van der Waals surface area (Å²) in [6.45, 7) is 5.12. The summed E-state index contributed by atoms with van der Waals surface area (Å²) in [4.78, 5) is 15.6. The van der Waals surface area contributed by atoms with Crippen LogP contribution in [0.3, 0.4) is 0 Å². The van der Waals surface area contributed by atoms with Crippen molar-refractivity contribution >= 4 is 16.9 Å². The average Bonchev–Trinajstić information content (AvgIpc) is 3.21. The second-order valence-corrected chi connectivity index (χ2v) is 7.69. The lowest BCUT2D eigenvalue weighted by atomic mass is 9.86. The van der Waals surface area contributed by atoms with Crippen molar-refractivity contribution in [2.45, 2.75) is 38.3 Å². The Balaban J connectivity index is 1.74. The molecule has 0 aliphatic carbocycles. The zero-order valence-corrected chi connectivity index (χ0v) is 17.5. The van der Waals surface area contributed by atoms with E-state index in [1.54, 1.807) is 28.2 Å². The molecule has 11 heteroatoms. The van der Waals surface area contributed by atoms with Crippen LogP contribution in [0.5, 0.6) is 0 Å². The van der Waals surface area contributed by atoms with Gasteiger partial charge in [0.05, 0.1) is 6.04 Å². The molecule has 0 spiro atoms. The van der Waals surface area contributed by atoms with Crippen LogP contribution in [-0.4, -0.2) is 56.5 Å². The lowest BCUT2D eigenvalue weighted by Gasteiger charge is -2.48. The molecule has 1 atom stereocenters.